The molecule has 1 aromatic carbocycles. The molecule has 0 aliphatic carbocycles. The fourth-order valence-electron chi connectivity index (χ4n) is 3.86. The van der Waals surface area contributed by atoms with Crippen LogP contribution in [-0.4, -0.2) is 42.6 Å². The molecular formula is C21H24ClN5O2. The van der Waals surface area contributed by atoms with Crippen LogP contribution in [0, 0.1) is 0 Å². The second kappa shape index (κ2) is 8.69. The Bertz CT molecular complexity index is 866. The highest BCUT2D eigenvalue weighted by molar-refractivity contribution is 6.29. The first-order chi connectivity index (χ1) is 14.1. The summed E-state index contributed by atoms with van der Waals surface area (Å²) >= 11 is 5.75. The van der Waals surface area contributed by atoms with Crippen LogP contribution in [0.3, 0.4) is 0 Å². The number of piperidine rings is 1. The third-order valence-electron chi connectivity index (χ3n) is 5.36. The number of carbonyl (C=O) groups excluding carboxylic acids is 2. The molecule has 2 aliphatic heterocycles. The predicted molar refractivity (Wildman–Crippen MR) is 115 cm³/mol. The number of anilines is 3. The SMILES string of the molecule is O=C(Nc1ccc(Cl)nc1)N[C@@H]1CCCN(c2ccc(N3CCCC3)cc2)C1=O. The molecule has 0 bridgehead atoms. The van der Waals surface area contributed by atoms with Crippen LogP contribution >= 0.6 is 11.6 Å². The van der Waals surface area contributed by atoms with E-state index in [-0.39, 0.29) is 5.91 Å². The summed E-state index contributed by atoms with van der Waals surface area (Å²) in [5.74, 6) is -0.0884. The summed E-state index contributed by atoms with van der Waals surface area (Å²) in [5.41, 5.74) is 2.58. The number of benzene rings is 1. The van der Waals surface area contributed by atoms with Gasteiger partial charge in [-0.3, -0.25) is 4.79 Å². The van der Waals surface area contributed by atoms with Crippen molar-refractivity contribution >= 4 is 40.6 Å². The van der Waals surface area contributed by atoms with Crippen molar-refractivity contribution in [2.75, 3.05) is 34.8 Å². The van der Waals surface area contributed by atoms with Gasteiger partial charge in [0.15, 0.2) is 0 Å². The number of nitrogens with zero attached hydrogens (tertiary/aromatic N) is 3. The lowest BCUT2D eigenvalue weighted by Crippen LogP contribution is -2.53. The van der Waals surface area contributed by atoms with Gasteiger partial charge in [0.1, 0.15) is 11.2 Å². The van der Waals surface area contributed by atoms with Crippen molar-refractivity contribution in [3.05, 3.63) is 47.7 Å². The van der Waals surface area contributed by atoms with Gasteiger partial charge >= 0.3 is 6.03 Å². The van der Waals surface area contributed by atoms with Gasteiger partial charge in [-0.05, 0) is 62.1 Å². The molecular weight excluding hydrogens is 390 g/mol. The average molecular weight is 414 g/mol. The molecule has 0 spiro atoms. The van der Waals surface area contributed by atoms with E-state index < -0.39 is 12.1 Å². The molecule has 2 aliphatic rings. The first-order valence-electron chi connectivity index (χ1n) is 9.95. The number of carbonyl (C=O) groups is 2. The molecule has 2 fully saturated rings. The zero-order chi connectivity index (χ0) is 20.2. The number of hydrogen-bond acceptors (Lipinski definition) is 4. The van der Waals surface area contributed by atoms with E-state index in [0.29, 0.717) is 23.8 Å². The zero-order valence-corrected chi connectivity index (χ0v) is 16.9. The number of hydrogen-bond donors (Lipinski definition) is 2. The van der Waals surface area contributed by atoms with Crippen molar-refractivity contribution in [1.29, 1.82) is 0 Å². The van der Waals surface area contributed by atoms with Gasteiger partial charge in [0.25, 0.3) is 0 Å². The van der Waals surface area contributed by atoms with Crippen molar-refractivity contribution in [3.63, 3.8) is 0 Å². The maximum Gasteiger partial charge on any atom is 0.319 e. The molecule has 0 unspecified atom stereocenters. The monoisotopic (exact) mass is 413 g/mol. The third kappa shape index (κ3) is 4.62. The highest BCUT2D eigenvalue weighted by Gasteiger charge is 2.31. The molecule has 2 saturated heterocycles. The van der Waals surface area contributed by atoms with Crippen LogP contribution in [0.5, 0.6) is 0 Å². The summed E-state index contributed by atoms with van der Waals surface area (Å²) < 4.78 is 0. The smallest absolute Gasteiger partial charge is 0.319 e. The van der Waals surface area contributed by atoms with E-state index in [1.807, 2.05) is 12.1 Å². The molecule has 2 N–H and O–H groups in total. The van der Waals surface area contributed by atoms with Gasteiger partial charge in [0, 0.05) is 31.0 Å². The Hall–Kier alpha value is -2.80. The summed E-state index contributed by atoms with van der Waals surface area (Å²) in [4.78, 5) is 33.3. The molecule has 2 aromatic rings. The lowest BCUT2D eigenvalue weighted by atomic mass is 10.0. The third-order valence-corrected chi connectivity index (χ3v) is 5.59. The van der Waals surface area contributed by atoms with Crippen molar-refractivity contribution in [2.45, 2.75) is 31.7 Å². The van der Waals surface area contributed by atoms with Crippen molar-refractivity contribution in [3.8, 4) is 0 Å². The number of urea groups is 1. The van der Waals surface area contributed by atoms with Crippen LogP contribution in [0.4, 0.5) is 21.9 Å². The Morgan fingerprint density at radius 1 is 1.00 bits per heavy atom. The first-order valence-corrected chi connectivity index (χ1v) is 10.3. The fraction of sp³-hybridized carbons (Fsp3) is 0.381. The van der Waals surface area contributed by atoms with E-state index in [0.717, 1.165) is 25.2 Å². The van der Waals surface area contributed by atoms with Crippen molar-refractivity contribution in [2.24, 2.45) is 0 Å². The zero-order valence-electron chi connectivity index (χ0n) is 16.1. The van der Waals surface area contributed by atoms with E-state index in [9.17, 15) is 9.59 Å². The highest BCUT2D eigenvalue weighted by atomic mass is 35.5. The van der Waals surface area contributed by atoms with Crippen LogP contribution in [-0.2, 0) is 4.79 Å². The van der Waals surface area contributed by atoms with E-state index in [4.69, 9.17) is 11.6 Å². The Kier molecular flexibility index (Phi) is 5.85. The summed E-state index contributed by atoms with van der Waals surface area (Å²) in [5, 5.41) is 5.81. The van der Waals surface area contributed by atoms with Gasteiger partial charge in [-0.1, -0.05) is 11.6 Å². The first kappa shape index (κ1) is 19.5. The maximum atomic E-state index is 12.9. The largest absolute Gasteiger partial charge is 0.372 e. The van der Waals surface area contributed by atoms with Crippen molar-refractivity contribution in [1.82, 2.24) is 10.3 Å². The minimum atomic E-state index is -0.553. The number of rotatable bonds is 4. The molecule has 0 saturated carbocycles. The summed E-state index contributed by atoms with van der Waals surface area (Å²) in [6.45, 7) is 2.83. The van der Waals surface area contributed by atoms with Gasteiger partial charge in [0.05, 0.1) is 11.9 Å². The van der Waals surface area contributed by atoms with Crippen LogP contribution in [0.2, 0.25) is 5.15 Å². The summed E-state index contributed by atoms with van der Waals surface area (Å²) in [6.07, 6.45) is 5.38. The van der Waals surface area contributed by atoms with E-state index in [1.54, 1.807) is 17.0 Å². The normalized spacial score (nSPS) is 19.3. The quantitative estimate of drug-likeness (QED) is 0.750. The Balaban J connectivity index is 1.38. The molecule has 1 atom stereocenters. The molecule has 1 aromatic heterocycles. The number of amides is 3. The van der Waals surface area contributed by atoms with Crippen LogP contribution in [0.1, 0.15) is 25.7 Å². The number of aromatic nitrogens is 1. The Labute approximate surface area is 175 Å². The Morgan fingerprint density at radius 3 is 2.41 bits per heavy atom. The maximum absolute atomic E-state index is 12.9. The number of pyridine rings is 1. The highest BCUT2D eigenvalue weighted by Crippen LogP contribution is 2.26. The number of nitrogens with one attached hydrogen (secondary N) is 2. The minimum Gasteiger partial charge on any atom is -0.372 e. The van der Waals surface area contributed by atoms with E-state index >= 15 is 0 Å². The summed E-state index contributed by atoms with van der Waals surface area (Å²) in [6, 6.07) is 10.4. The molecule has 3 amide bonds. The lowest BCUT2D eigenvalue weighted by molar-refractivity contribution is -0.121. The van der Waals surface area contributed by atoms with Gasteiger partial charge < -0.3 is 20.4 Å². The second-order valence-electron chi connectivity index (χ2n) is 7.36. The van der Waals surface area contributed by atoms with Gasteiger partial charge in [-0.25, -0.2) is 9.78 Å². The second-order valence-corrected chi connectivity index (χ2v) is 7.75. The molecule has 7 nitrogen and oxygen atoms in total. The van der Waals surface area contributed by atoms with Gasteiger partial charge in [0.2, 0.25) is 5.91 Å². The molecule has 8 heteroatoms. The standard InChI is InChI=1S/C21H24ClN5O2/c22-19-10-5-15(14-23-19)24-21(29)25-18-4-3-13-27(20(18)28)17-8-6-16(7-9-17)26-11-1-2-12-26/h5-10,14,18H,1-4,11-13H2,(H2,24,25,29)/t18-/m1/s1. The molecule has 3 heterocycles. The topological polar surface area (TPSA) is 77.6 Å². The minimum absolute atomic E-state index is 0.0884. The van der Waals surface area contributed by atoms with Crippen molar-refractivity contribution < 1.29 is 9.59 Å². The lowest BCUT2D eigenvalue weighted by Gasteiger charge is -2.33. The van der Waals surface area contributed by atoms with Gasteiger partial charge in [-0.2, -0.15) is 0 Å². The van der Waals surface area contributed by atoms with Crippen LogP contribution < -0.4 is 20.4 Å². The van der Waals surface area contributed by atoms with Gasteiger partial charge in [-0.15, -0.1) is 0 Å². The van der Waals surface area contributed by atoms with Crippen LogP contribution in [0.25, 0.3) is 0 Å². The van der Waals surface area contributed by atoms with E-state index in [1.165, 1.54) is 24.7 Å². The molecule has 4 rings (SSSR count). The Morgan fingerprint density at radius 2 is 1.72 bits per heavy atom. The molecule has 152 valence electrons. The van der Waals surface area contributed by atoms with Crippen LogP contribution in [0.15, 0.2) is 42.6 Å². The predicted octanol–water partition coefficient (Wildman–Crippen LogP) is 3.65. The van der Waals surface area contributed by atoms with E-state index in [2.05, 4.69) is 32.7 Å². The average Bonchev–Trinajstić information content (AvgIpc) is 3.26. The number of halogens is 1. The summed E-state index contributed by atoms with van der Waals surface area (Å²) in [7, 11) is 0. The molecule has 29 heavy (non-hydrogen) atoms. The fourth-order valence-corrected chi connectivity index (χ4v) is 3.97. The molecule has 0 radical (unpaired) electrons.